The molecule has 4 nitrogen and oxygen atoms in total. The Morgan fingerprint density at radius 2 is 1.82 bits per heavy atom. The van der Waals surface area contributed by atoms with Crippen molar-refractivity contribution in [3.8, 4) is 5.75 Å². The van der Waals surface area contributed by atoms with Crippen molar-refractivity contribution in [2.75, 3.05) is 0 Å². The molecule has 0 aliphatic heterocycles. The quantitative estimate of drug-likeness (QED) is 0.629. The molecule has 2 aromatic carbocycles. The van der Waals surface area contributed by atoms with Gasteiger partial charge in [0.05, 0.1) is 11.0 Å². The second-order valence-corrected chi connectivity index (χ2v) is 5.17. The summed E-state index contributed by atoms with van der Waals surface area (Å²) in [5, 5.41) is 0. The van der Waals surface area contributed by atoms with Gasteiger partial charge in [-0.05, 0) is 29.8 Å². The summed E-state index contributed by atoms with van der Waals surface area (Å²) in [6.07, 6.45) is 1.89. The van der Waals surface area contributed by atoms with Crippen LogP contribution in [0.4, 0.5) is 0 Å². The zero-order valence-electron chi connectivity index (χ0n) is 11.8. The summed E-state index contributed by atoms with van der Waals surface area (Å²) < 4.78 is 7.69. The monoisotopic (exact) mass is 290 g/mol. The summed E-state index contributed by atoms with van der Waals surface area (Å²) in [4.78, 5) is 14.9. The van der Waals surface area contributed by atoms with Crippen LogP contribution < -0.4 is 10.3 Å². The molecular weight excluding hydrogens is 276 g/mol. The van der Waals surface area contributed by atoms with Gasteiger partial charge in [-0.1, -0.05) is 30.3 Å². The van der Waals surface area contributed by atoms with Gasteiger partial charge in [0, 0.05) is 12.3 Å². The van der Waals surface area contributed by atoms with Gasteiger partial charge in [0.15, 0.2) is 0 Å². The minimum Gasteiger partial charge on any atom is -0.489 e. The van der Waals surface area contributed by atoms with Gasteiger partial charge in [-0.25, -0.2) is 0 Å². The Labute approximate surface area is 126 Å². The molecule has 0 spiro atoms. The lowest BCUT2D eigenvalue weighted by molar-refractivity contribution is 0.306. The van der Waals surface area contributed by atoms with Crippen molar-refractivity contribution in [2.24, 2.45) is 0 Å². The first-order chi connectivity index (χ1) is 10.8. The Morgan fingerprint density at radius 3 is 2.68 bits per heavy atom. The molecule has 0 unspecified atom stereocenters. The van der Waals surface area contributed by atoms with Crippen LogP contribution in [-0.4, -0.2) is 9.38 Å². The maximum atomic E-state index is 12.0. The van der Waals surface area contributed by atoms with Crippen molar-refractivity contribution < 1.29 is 4.74 Å². The molecule has 4 aromatic rings. The number of fused-ring (bicyclic) bond motifs is 3. The molecule has 108 valence electrons. The highest BCUT2D eigenvalue weighted by atomic mass is 16.5. The van der Waals surface area contributed by atoms with Gasteiger partial charge in [0.2, 0.25) is 0 Å². The highest BCUT2D eigenvalue weighted by Gasteiger charge is 2.05. The van der Waals surface area contributed by atoms with E-state index in [2.05, 4.69) is 4.98 Å². The van der Waals surface area contributed by atoms with Crippen LogP contribution in [0.15, 0.2) is 71.7 Å². The first kappa shape index (κ1) is 12.7. The van der Waals surface area contributed by atoms with Crippen molar-refractivity contribution in [3.05, 3.63) is 82.8 Å². The van der Waals surface area contributed by atoms with E-state index in [9.17, 15) is 4.79 Å². The average molecular weight is 290 g/mol. The van der Waals surface area contributed by atoms with Crippen LogP contribution in [0, 0.1) is 0 Å². The Kier molecular flexibility index (Phi) is 2.93. The summed E-state index contributed by atoms with van der Waals surface area (Å²) in [5.74, 6) is 0.735. The third kappa shape index (κ3) is 2.15. The highest BCUT2D eigenvalue weighted by Crippen LogP contribution is 2.20. The molecule has 0 radical (unpaired) electrons. The normalized spacial score (nSPS) is 11.1. The van der Waals surface area contributed by atoms with E-state index in [-0.39, 0.29) is 5.56 Å². The van der Waals surface area contributed by atoms with E-state index in [1.807, 2.05) is 65.2 Å². The highest BCUT2D eigenvalue weighted by molar-refractivity contribution is 5.79. The zero-order chi connectivity index (χ0) is 14.9. The van der Waals surface area contributed by atoms with Gasteiger partial charge in [0.25, 0.3) is 5.56 Å². The number of rotatable bonds is 3. The topological polar surface area (TPSA) is 46.5 Å². The number of benzene rings is 2. The molecule has 4 heteroatoms. The van der Waals surface area contributed by atoms with Crippen molar-refractivity contribution in [1.29, 1.82) is 0 Å². The van der Waals surface area contributed by atoms with Crippen LogP contribution in [0.1, 0.15) is 5.56 Å². The molecule has 0 aliphatic carbocycles. The number of nitrogens with zero attached hydrogens (tertiary/aromatic N) is 1. The van der Waals surface area contributed by atoms with E-state index >= 15 is 0 Å². The minimum absolute atomic E-state index is 0.0993. The zero-order valence-corrected chi connectivity index (χ0v) is 11.8. The molecular formula is C18H14N2O2. The number of hydrogen-bond donors (Lipinski definition) is 1. The Balaban J connectivity index is 1.71. The van der Waals surface area contributed by atoms with Crippen LogP contribution in [0.25, 0.3) is 16.6 Å². The summed E-state index contributed by atoms with van der Waals surface area (Å²) in [6.45, 7) is 0.502. The molecule has 0 fully saturated rings. The molecule has 2 aromatic heterocycles. The summed E-state index contributed by atoms with van der Waals surface area (Å²) in [5.41, 5.74) is 3.37. The fraction of sp³-hybridized carbons (Fsp3) is 0.0556. The van der Waals surface area contributed by atoms with Crippen molar-refractivity contribution >= 4 is 16.6 Å². The SMILES string of the molecule is O=c1[nH]c2cc(OCc3ccccc3)ccc2n2cccc12. The van der Waals surface area contributed by atoms with Gasteiger partial charge >= 0.3 is 0 Å². The predicted molar refractivity (Wildman–Crippen MR) is 86.3 cm³/mol. The standard InChI is InChI=1S/C18H14N2O2/c21-18-17-7-4-10-20(17)16-9-8-14(11-15(16)19-18)22-12-13-5-2-1-3-6-13/h1-11H,12H2,(H,19,21). The number of ether oxygens (including phenoxy) is 1. The first-order valence-electron chi connectivity index (χ1n) is 7.11. The molecule has 2 heterocycles. The van der Waals surface area contributed by atoms with E-state index in [1.165, 1.54) is 0 Å². The second-order valence-electron chi connectivity index (χ2n) is 5.17. The average Bonchev–Trinajstić information content (AvgIpc) is 3.04. The predicted octanol–water partition coefficient (Wildman–Crippen LogP) is 3.36. The number of H-pyrrole nitrogens is 1. The summed E-state index contributed by atoms with van der Waals surface area (Å²) >= 11 is 0. The lowest BCUT2D eigenvalue weighted by atomic mass is 10.2. The fourth-order valence-electron chi connectivity index (χ4n) is 2.62. The first-order valence-corrected chi connectivity index (χ1v) is 7.11. The number of aromatic nitrogens is 2. The lowest BCUT2D eigenvalue weighted by Gasteiger charge is -2.08. The Morgan fingerprint density at radius 1 is 0.955 bits per heavy atom. The third-order valence-electron chi connectivity index (χ3n) is 3.71. The number of aromatic amines is 1. The summed E-state index contributed by atoms with van der Waals surface area (Å²) in [7, 11) is 0. The number of hydrogen-bond acceptors (Lipinski definition) is 2. The fourth-order valence-corrected chi connectivity index (χ4v) is 2.62. The molecule has 0 bridgehead atoms. The molecule has 4 rings (SSSR count). The van der Waals surface area contributed by atoms with Crippen molar-refractivity contribution in [1.82, 2.24) is 9.38 Å². The molecule has 1 N–H and O–H groups in total. The molecule has 0 amide bonds. The molecule has 22 heavy (non-hydrogen) atoms. The van der Waals surface area contributed by atoms with E-state index in [0.29, 0.717) is 12.1 Å². The minimum atomic E-state index is -0.0993. The van der Waals surface area contributed by atoms with Crippen LogP contribution >= 0.6 is 0 Å². The van der Waals surface area contributed by atoms with Crippen LogP contribution in [0.2, 0.25) is 0 Å². The van der Waals surface area contributed by atoms with Crippen LogP contribution in [0.5, 0.6) is 5.75 Å². The Hall–Kier alpha value is -3.01. The van der Waals surface area contributed by atoms with Crippen molar-refractivity contribution in [3.63, 3.8) is 0 Å². The van der Waals surface area contributed by atoms with E-state index < -0.39 is 0 Å². The lowest BCUT2D eigenvalue weighted by Crippen LogP contribution is -2.09. The van der Waals surface area contributed by atoms with E-state index in [0.717, 1.165) is 22.3 Å². The van der Waals surface area contributed by atoms with Crippen LogP contribution in [-0.2, 0) is 6.61 Å². The van der Waals surface area contributed by atoms with Gasteiger partial charge < -0.3 is 14.1 Å². The van der Waals surface area contributed by atoms with Gasteiger partial charge in [-0.2, -0.15) is 0 Å². The second kappa shape index (κ2) is 5.07. The number of nitrogens with one attached hydrogen (secondary N) is 1. The largest absolute Gasteiger partial charge is 0.489 e. The van der Waals surface area contributed by atoms with Crippen molar-refractivity contribution in [2.45, 2.75) is 6.61 Å². The smallest absolute Gasteiger partial charge is 0.272 e. The molecule has 0 saturated heterocycles. The Bertz CT molecular complexity index is 1000. The van der Waals surface area contributed by atoms with Gasteiger partial charge in [-0.3, -0.25) is 4.79 Å². The maximum Gasteiger partial charge on any atom is 0.272 e. The van der Waals surface area contributed by atoms with E-state index in [1.54, 1.807) is 6.07 Å². The van der Waals surface area contributed by atoms with E-state index in [4.69, 9.17) is 4.74 Å². The van der Waals surface area contributed by atoms with Gasteiger partial charge in [-0.15, -0.1) is 0 Å². The molecule has 0 aliphatic rings. The molecule has 0 atom stereocenters. The third-order valence-corrected chi connectivity index (χ3v) is 3.71. The van der Waals surface area contributed by atoms with Crippen LogP contribution in [0.3, 0.4) is 0 Å². The maximum absolute atomic E-state index is 12.0. The van der Waals surface area contributed by atoms with Gasteiger partial charge in [0.1, 0.15) is 17.9 Å². The summed E-state index contributed by atoms with van der Waals surface area (Å²) in [6, 6.07) is 19.4. The molecule has 0 saturated carbocycles.